The summed E-state index contributed by atoms with van der Waals surface area (Å²) in [4.78, 5) is 10.9. The second-order valence-electron chi connectivity index (χ2n) is 8.00. The van der Waals surface area contributed by atoms with Crippen molar-refractivity contribution in [3.8, 4) is 11.5 Å². The molecule has 0 aliphatic heterocycles. The first kappa shape index (κ1) is 30.5. The van der Waals surface area contributed by atoms with Gasteiger partial charge in [0.2, 0.25) is 9.84 Å². The molecule has 0 amide bonds. The Kier molecular flexibility index (Phi) is 11.2. The minimum Gasteiger partial charge on any atom is -0.490 e. The minimum atomic E-state index is -3.98. The maximum absolute atomic E-state index is 13.1. The number of halogens is 3. The molecule has 8 nitrogen and oxygen atoms in total. The van der Waals surface area contributed by atoms with E-state index >= 15 is 0 Å². The molecule has 0 fully saturated rings. The minimum absolute atomic E-state index is 0.00481. The van der Waals surface area contributed by atoms with Crippen LogP contribution in [0.15, 0.2) is 46.2 Å². The van der Waals surface area contributed by atoms with Crippen molar-refractivity contribution in [2.75, 3.05) is 30.6 Å². The summed E-state index contributed by atoms with van der Waals surface area (Å²) in [5.41, 5.74) is 0. The lowest BCUT2D eigenvalue weighted by Crippen LogP contribution is -2.25. The van der Waals surface area contributed by atoms with E-state index in [0.717, 1.165) is 0 Å². The van der Waals surface area contributed by atoms with Gasteiger partial charge in [-0.1, -0.05) is 37.0 Å². The summed E-state index contributed by atoms with van der Waals surface area (Å²) in [5, 5.41) is -0.0478. The van der Waals surface area contributed by atoms with E-state index in [1.165, 1.54) is 43.3 Å². The molecule has 0 N–H and O–H groups in total. The van der Waals surface area contributed by atoms with Crippen LogP contribution in [0.5, 0.6) is 11.5 Å². The van der Waals surface area contributed by atoms with Crippen LogP contribution in [0.2, 0.25) is 10.0 Å². The molecular weight excluding hydrogens is 575 g/mol. The zero-order chi connectivity index (χ0) is 27.1. The lowest BCUT2D eigenvalue weighted by molar-refractivity contribution is -0.146. The van der Waals surface area contributed by atoms with E-state index in [-0.39, 0.29) is 62.1 Å². The number of sulfone groups is 2. The summed E-state index contributed by atoms with van der Waals surface area (Å²) in [7, 11) is -7.16. The van der Waals surface area contributed by atoms with Crippen LogP contribution in [0.4, 0.5) is 0 Å². The van der Waals surface area contributed by atoms with Crippen molar-refractivity contribution in [3.63, 3.8) is 0 Å². The Hall–Kier alpha value is -1.72. The lowest BCUT2D eigenvalue weighted by Gasteiger charge is -2.16. The average molecular weight is 602 g/mol. The molecule has 13 heteroatoms. The highest BCUT2D eigenvalue weighted by Crippen LogP contribution is 2.37. The van der Waals surface area contributed by atoms with Gasteiger partial charge in [0.15, 0.2) is 5.75 Å². The fourth-order valence-electron chi connectivity index (χ4n) is 3.04. The molecule has 2 rings (SSSR count). The van der Waals surface area contributed by atoms with Crippen molar-refractivity contribution in [3.05, 3.63) is 46.4 Å². The van der Waals surface area contributed by atoms with Crippen molar-refractivity contribution in [2.45, 2.75) is 36.7 Å². The molecule has 0 heterocycles. The molecular formula is C23H27Cl3O8S2. The monoisotopic (exact) mass is 600 g/mol. The molecule has 0 spiro atoms. The number of hydrogen-bond donors (Lipinski definition) is 0. The predicted molar refractivity (Wildman–Crippen MR) is 139 cm³/mol. The Morgan fingerprint density at radius 3 is 2.03 bits per heavy atom. The third-order valence-electron chi connectivity index (χ3n) is 4.85. The van der Waals surface area contributed by atoms with Gasteiger partial charge in [-0.25, -0.2) is 16.8 Å². The van der Waals surface area contributed by atoms with Crippen LogP contribution in [0.25, 0.3) is 0 Å². The first-order valence-electron chi connectivity index (χ1n) is 10.8. The summed E-state index contributed by atoms with van der Waals surface area (Å²) in [6.07, 6.45) is -0.642. The largest absolute Gasteiger partial charge is 0.490 e. The zero-order valence-corrected chi connectivity index (χ0v) is 23.8. The molecule has 2 atom stereocenters. The quantitative estimate of drug-likeness (QED) is 0.237. The summed E-state index contributed by atoms with van der Waals surface area (Å²) >= 11 is 18.3. The Bertz CT molecular complexity index is 1240. The molecule has 0 aromatic heterocycles. The summed E-state index contributed by atoms with van der Waals surface area (Å²) in [6.45, 7) is 4.59. The van der Waals surface area contributed by atoms with Crippen LogP contribution < -0.4 is 9.47 Å². The smallest absolute Gasteiger partial charge is 0.303 e. The van der Waals surface area contributed by atoms with Crippen LogP contribution in [-0.4, -0.2) is 59.5 Å². The van der Waals surface area contributed by atoms with Crippen molar-refractivity contribution >= 4 is 60.4 Å². The van der Waals surface area contributed by atoms with E-state index in [4.69, 9.17) is 49.0 Å². The maximum atomic E-state index is 13.1. The van der Waals surface area contributed by atoms with Gasteiger partial charge in [-0.2, -0.15) is 0 Å². The highest BCUT2D eigenvalue weighted by atomic mass is 35.5. The SMILES string of the molecule is CCS(=O)(=O)C[C@H](C)COc1c(Cl)cc(S(=O)(=O)c2ccc(OC[C@@H](CCl)OC(C)=O)cc2)cc1Cl. The molecule has 0 unspecified atom stereocenters. The fourth-order valence-corrected chi connectivity index (χ4v) is 6.43. The van der Waals surface area contributed by atoms with Crippen molar-refractivity contribution in [1.82, 2.24) is 0 Å². The number of benzene rings is 2. The fraction of sp³-hybridized carbons (Fsp3) is 0.435. The number of carbonyl (C=O) groups excluding carboxylic acids is 1. The Balaban J connectivity index is 2.14. The van der Waals surface area contributed by atoms with E-state index in [2.05, 4.69) is 0 Å². The van der Waals surface area contributed by atoms with Gasteiger partial charge in [0.1, 0.15) is 28.3 Å². The first-order valence-corrected chi connectivity index (χ1v) is 15.4. The predicted octanol–water partition coefficient (Wildman–Crippen LogP) is 4.83. The number of ether oxygens (including phenoxy) is 3. The van der Waals surface area contributed by atoms with Crippen LogP contribution in [-0.2, 0) is 29.2 Å². The number of esters is 1. The van der Waals surface area contributed by atoms with Gasteiger partial charge in [-0.3, -0.25) is 4.79 Å². The van der Waals surface area contributed by atoms with E-state index in [1.807, 2.05) is 0 Å². The van der Waals surface area contributed by atoms with Gasteiger partial charge < -0.3 is 14.2 Å². The molecule has 0 aliphatic carbocycles. The van der Waals surface area contributed by atoms with Gasteiger partial charge in [0, 0.05) is 18.6 Å². The normalized spacial score (nSPS) is 13.6. The van der Waals surface area contributed by atoms with Crippen LogP contribution in [0, 0.1) is 5.92 Å². The van der Waals surface area contributed by atoms with Gasteiger partial charge in [0.25, 0.3) is 0 Å². The third-order valence-corrected chi connectivity index (χ3v) is 9.46. The molecule has 0 aliphatic rings. The molecule has 0 radical (unpaired) electrons. The standard InChI is InChI=1S/C23H27Cl3O8S2/c1-4-35(28,29)14-15(2)12-33-23-21(25)9-20(10-22(23)26)36(30,31)19-7-5-17(6-8-19)32-13-18(11-24)34-16(3)27/h5-10,15,18H,4,11-14H2,1-3H3/t15-,18-/m1/s1. The Labute approximate surface area is 226 Å². The van der Waals surface area contributed by atoms with Gasteiger partial charge in [-0.15, -0.1) is 11.6 Å². The molecule has 0 saturated carbocycles. The first-order chi connectivity index (χ1) is 16.8. The van der Waals surface area contributed by atoms with Crippen LogP contribution >= 0.6 is 34.8 Å². The molecule has 200 valence electrons. The van der Waals surface area contributed by atoms with Crippen molar-refractivity contribution in [1.29, 1.82) is 0 Å². The topological polar surface area (TPSA) is 113 Å². The summed E-state index contributed by atoms with van der Waals surface area (Å²) in [6, 6.07) is 8.07. The summed E-state index contributed by atoms with van der Waals surface area (Å²) < 4.78 is 65.9. The number of rotatable bonds is 13. The molecule has 2 aromatic carbocycles. The van der Waals surface area contributed by atoms with E-state index in [1.54, 1.807) is 13.8 Å². The third kappa shape index (κ3) is 8.69. The van der Waals surface area contributed by atoms with Gasteiger partial charge in [0.05, 0.1) is 38.1 Å². The number of hydrogen-bond acceptors (Lipinski definition) is 8. The Morgan fingerprint density at radius 1 is 0.944 bits per heavy atom. The summed E-state index contributed by atoms with van der Waals surface area (Å²) in [5.74, 6) is -0.358. The van der Waals surface area contributed by atoms with Crippen LogP contribution in [0.1, 0.15) is 20.8 Å². The molecule has 0 bridgehead atoms. The molecule has 0 saturated heterocycles. The second-order valence-corrected chi connectivity index (χ2v) is 13.5. The molecule has 36 heavy (non-hydrogen) atoms. The van der Waals surface area contributed by atoms with E-state index < -0.39 is 31.7 Å². The van der Waals surface area contributed by atoms with Gasteiger partial charge >= 0.3 is 5.97 Å². The maximum Gasteiger partial charge on any atom is 0.303 e. The second kappa shape index (κ2) is 13.2. The van der Waals surface area contributed by atoms with Crippen molar-refractivity contribution < 1.29 is 35.8 Å². The van der Waals surface area contributed by atoms with Crippen LogP contribution in [0.3, 0.4) is 0 Å². The zero-order valence-electron chi connectivity index (χ0n) is 19.9. The highest BCUT2D eigenvalue weighted by Gasteiger charge is 2.23. The van der Waals surface area contributed by atoms with E-state index in [0.29, 0.717) is 5.75 Å². The Morgan fingerprint density at radius 2 is 1.53 bits per heavy atom. The van der Waals surface area contributed by atoms with Crippen molar-refractivity contribution in [2.24, 2.45) is 5.92 Å². The van der Waals surface area contributed by atoms with Gasteiger partial charge in [-0.05, 0) is 36.4 Å². The molecule has 2 aromatic rings. The number of alkyl halides is 1. The highest BCUT2D eigenvalue weighted by molar-refractivity contribution is 7.91. The number of carbonyl (C=O) groups is 1. The average Bonchev–Trinajstić information content (AvgIpc) is 2.80. The van der Waals surface area contributed by atoms with E-state index in [9.17, 15) is 21.6 Å². The lowest BCUT2D eigenvalue weighted by atomic mass is 10.2.